The first-order valence-corrected chi connectivity index (χ1v) is 6.10. The third kappa shape index (κ3) is 4.10. The van der Waals surface area contributed by atoms with Gasteiger partial charge in [0.1, 0.15) is 0 Å². The molecule has 0 spiro atoms. The molecular formula is C12H24N2O2. The highest BCUT2D eigenvalue weighted by molar-refractivity contribution is 5.78. The largest absolute Gasteiger partial charge is 0.377 e. The van der Waals surface area contributed by atoms with Gasteiger partial charge in [-0.3, -0.25) is 4.79 Å². The van der Waals surface area contributed by atoms with Crippen LogP contribution in [-0.4, -0.2) is 36.7 Å². The predicted molar refractivity (Wildman–Crippen MR) is 64.3 cm³/mol. The minimum absolute atomic E-state index is 0.0611. The number of carbonyl (C=O) groups is 1. The maximum absolute atomic E-state index is 11.7. The number of nitrogens with one attached hydrogen (secondary N) is 2. The summed E-state index contributed by atoms with van der Waals surface area (Å²) in [5.74, 6) is 0.0611. The fraction of sp³-hybridized carbons (Fsp3) is 0.917. The van der Waals surface area contributed by atoms with Crippen molar-refractivity contribution in [2.24, 2.45) is 0 Å². The van der Waals surface area contributed by atoms with Gasteiger partial charge in [0.15, 0.2) is 0 Å². The lowest BCUT2D eigenvalue weighted by Crippen LogP contribution is -2.48. The Morgan fingerprint density at radius 3 is 2.69 bits per heavy atom. The van der Waals surface area contributed by atoms with Crippen molar-refractivity contribution in [2.45, 2.75) is 58.2 Å². The number of hydrogen-bond donors (Lipinski definition) is 2. The maximum atomic E-state index is 11.7. The van der Waals surface area contributed by atoms with E-state index in [2.05, 4.69) is 17.6 Å². The average molecular weight is 228 g/mol. The molecule has 0 radical (unpaired) electrons. The minimum Gasteiger partial charge on any atom is -0.377 e. The molecule has 4 nitrogen and oxygen atoms in total. The monoisotopic (exact) mass is 228 g/mol. The van der Waals surface area contributed by atoms with Crippen molar-refractivity contribution in [3.05, 3.63) is 0 Å². The predicted octanol–water partition coefficient (Wildman–Crippen LogP) is 1.06. The molecule has 1 heterocycles. The summed E-state index contributed by atoms with van der Waals surface area (Å²) >= 11 is 0. The number of carbonyl (C=O) groups excluding carboxylic acids is 1. The molecule has 1 saturated heterocycles. The first-order valence-electron chi connectivity index (χ1n) is 6.10. The fourth-order valence-electron chi connectivity index (χ4n) is 1.73. The zero-order chi connectivity index (χ0) is 12.2. The molecule has 0 bridgehead atoms. The standard InChI is InChI=1S/C12H24N2O2/c1-5-12(3,4)14-11(15)8-13-10-6-7-16-9(10)2/h9-10,13H,5-8H2,1-4H3,(H,14,15). The van der Waals surface area contributed by atoms with Gasteiger partial charge in [-0.25, -0.2) is 0 Å². The number of rotatable bonds is 5. The van der Waals surface area contributed by atoms with E-state index in [1.54, 1.807) is 0 Å². The summed E-state index contributed by atoms with van der Waals surface area (Å²) in [4.78, 5) is 11.7. The zero-order valence-corrected chi connectivity index (χ0v) is 10.8. The van der Waals surface area contributed by atoms with Gasteiger partial charge in [0.05, 0.1) is 12.6 Å². The van der Waals surface area contributed by atoms with E-state index < -0.39 is 0 Å². The molecule has 2 N–H and O–H groups in total. The van der Waals surface area contributed by atoms with E-state index in [1.807, 2.05) is 20.8 Å². The Kier molecular flexibility index (Phi) is 4.74. The van der Waals surface area contributed by atoms with Crippen LogP contribution in [0.15, 0.2) is 0 Å². The molecule has 1 fully saturated rings. The van der Waals surface area contributed by atoms with Crippen LogP contribution in [-0.2, 0) is 9.53 Å². The smallest absolute Gasteiger partial charge is 0.234 e. The van der Waals surface area contributed by atoms with E-state index in [-0.39, 0.29) is 17.6 Å². The summed E-state index contributed by atoms with van der Waals surface area (Å²) in [5.41, 5.74) is -0.115. The highest BCUT2D eigenvalue weighted by Gasteiger charge is 2.25. The van der Waals surface area contributed by atoms with E-state index in [1.165, 1.54) is 0 Å². The number of ether oxygens (including phenoxy) is 1. The van der Waals surface area contributed by atoms with Gasteiger partial charge in [0.25, 0.3) is 0 Å². The normalized spacial score (nSPS) is 25.8. The lowest BCUT2D eigenvalue weighted by Gasteiger charge is -2.25. The summed E-state index contributed by atoms with van der Waals surface area (Å²) < 4.78 is 5.43. The van der Waals surface area contributed by atoms with E-state index >= 15 is 0 Å². The van der Waals surface area contributed by atoms with Crippen LogP contribution in [0.25, 0.3) is 0 Å². The van der Waals surface area contributed by atoms with Gasteiger partial charge in [0, 0.05) is 18.2 Å². The fourth-order valence-corrected chi connectivity index (χ4v) is 1.73. The van der Waals surface area contributed by atoms with Crippen LogP contribution in [0.2, 0.25) is 0 Å². The van der Waals surface area contributed by atoms with Crippen molar-refractivity contribution in [3.8, 4) is 0 Å². The molecule has 0 saturated carbocycles. The molecule has 0 aromatic heterocycles. The van der Waals surface area contributed by atoms with Gasteiger partial charge in [-0.05, 0) is 33.6 Å². The van der Waals surface area contributed by atoms with E-state index in [4.69, 9.17) is 4.74 Å². The molecule has 1 aliphatic rings. The van der Waals surface area contributed by atoms with Crippen molar-refractivity contribution in [1.29, 1.82) is 0 Å². The van der Waals surface area contributed by atoms with E-state index in [0.29, 0.717) is 12.6 Å². The molecule has 2 atom stereocenters. The van der Waals surface area contributed by atoms with Crippen molar-refractivity contribution < 1.29 is 9.53 Å². The second kappa shape index (κ2) is 5.64. The SMILES string of the molecule is CCC(C)(C)NC(=O)CNC1CCOC1C. The number of hydrogen-bond acceptors (Lipinski definition) is 3. The molecular weight excluding hydrogens is 204 g/mol. The molecule has 1 amide bonds. The Labute approximate surface area is 98.1 Å². The molecule has 94 valence electrons. The van der Waals surface area contributed by atoms with Crippen LogP contribution >= 0.6 is 0 Å². The third-order valence-corrected chi connectivity index (χ3v) is 3.26. The summed E-state index contributed by atoms with van der Waals surface area (Å²) in [6, 6.07) is 0.315. The average Bonchev–Trinajstić information content (AvgIpc) is 2.60. The van der Waals surface area contributed by atoms with Gasteiger partial charge in [-0.15, -0.1) is 0 Å². The molecule has 2 unspecified atom stereocenters. The van der Waals surface area contributed by atoms with Crippen molar-refractivity contribution in [2.75, 3.05) is 13.2 Å². The molecule has 16 heavy (non-hydrogen) atoms. The Hall–Kier alpha value is -0.610. The molecule has 0 aromatic carbocycles. The van der Waals surface area contributed by atoms with Crippen LogP contribution in [0.3, 0.4) is 0 Å². The molecule has 1 rings (SSSR count). The molecule has 0 aromatic rings. The van der Waals surface area contributed by atoms with Crippen LogP contribution in [0.5, 0.6) is 0 Å². The second-order valence-corrected chi connectivity index (χ2v) is 5.14. The highest BCUT2D eigenvalue weighted by Crippen LogP contribution is 2.12. The van der Waals surface area contributed by atoms with Crippen LogP contribution in [0, 0.1) is 0 Å². The Morgan fingerprint density at radius 2 is 2.19 bits per heavy atom. The topological polar surface area (TPSA) is 50.4 Å². The molecule has 1 aliphatic heterocycles. The van der Waals surface area contributed by atoms with Gasteiger partial charge < -0.3 is 15.4 Å². The van der Waals surface area contributed by atoms with Gasteiger partial charge in [0.2, 0.25) is 5.91 Å². The lowest BCUT2D eigenvalue weighted by atomic mass is 10.0. The summed E-state index contributed by atoms with van der Waals surface area (Å²) in [6.45, 7) is 9.35. The first-order chi connectivity index (χ1) is 7.44. The second-order valence-electron chi connectivity index (χ2n) is 5.14. The Bertz CT molecular complexity index is 241. The minimum atomic E-state index is -0.115. The quantitative estimate of drug-likeness (QED) is 0.739. The molecule has 0 aliphatic carbocycles. The van der Waals surface area contributed by atoms with Crippen molar-refractivity contribution in [3.63, 3.8) is 0 Å². The maximum Gasteiger partial charge on any atom is 0.234 e. The van der Waals surface area contributed by atoms with Gasteiger partial charge in [-0.1, -0.05) is 6.92 Å². The highest BCUT2D eigenvalue weighted by atomic mass is 16.5. The summed E-state index contributed by atoms with van der Waals surface area (Å²) in [7, 11) is 0. The Morgan fingerprint density at radius 1 is 1.50 bits per heavy atom. The van der Waals surface area contributed by atoms with Crippen LogP contribution in [0.1, 0.15) is 40.5 Å². The summed E-state index contributed by atoms with van der Waals surface area (Å²) in [6.07, 6.45) is 2.14. The third-order valence-electron chi connectivity index (χ3n) is 3.26. The van der Waals surface area contributed by atoms with Gasteiger partial charge >= 0.3 is 0 Å². The Balaban J connectivity index is 2.25. The van der Waals surface area contributed by atoms with E-state index in [9.17, 15) is 4.79 Å². The lowest BCUT2D eigenvalue weighted by molar-refractivity contribution is -0.122. The summed E-state index contributed by atoms with van der Waals surface area (Å²) in [5, 5.41) is 6.24. The van der Waals surface area contributed by atoms with Crippen molar-refractivity contribution >= 4 is 5.91 Å². The zero-order valence-electron chi connectivity index (χ0n) is 10.8. The van der Waals surface area contributed by atoms with Crippen molar-refractivity contribution in [1.82, 2.24) is 10.6 Å². The first kappa shape index (κ1) is 13.5. The molecule has 4 heteroatoms. The number of amides is 1. The van der Waals surface area contributed by atoms with Crippen LogP contribution < -0.4 is 10.6 Å². The van der Waals surface area contributed by atoms with Crippen LogP contribution in [0.4, 0.5) is 0 Å². The van der Waals surface area contributed by atoms with E-state index in [0.717, 1.165) is 19.4 Å². The van der Waals surface area contributed by atoms with Gasteiger partial charge in [-0.2, -0.15) is 0 Å².